The molecular formula is C17H29N3O. The van der Waals surface area contributed by atoms with E-state index in [1.165, 1.54) is 5.56 Å². The monoisotopic (exact) mass is 291 g/mol. The first-order valence-corrected chi connectivity index (χ1v) is 7.60. The lowest BCUT2D eigenvalue weighted by atomic mass is 10.1. The number of rotatable bonds is 9. The largest absolute Gasteiger partial charge is 0.340 e. The summed E-state index contributed by atoms with van der Waals surface area (Å²) in [5, 5.41) is 0. The Morgan fingerprint density at radius 3 is 1.86 bits per heavy atom. The van der Waals surface area contributed by atoms with Crippen molar-refractivity contribution in [3.8, 4) is 0 Å². The second-order valence-corrected chi connectivity index (χ2v) is 5.97. The molecule has 118 valence electrons. The van der Waals surface area contributed by atoms with Gasteiger partial charge in [-0.2, -0.15) is 0 Å². The Morgan fingerprint density at radius 2 is 1.38 bits per heavy atom. The number of amides is 1. The maximum atomic E-state index is 12.4. The number of nitrogens with zero attached hydrogens (tertiary/aromatic N) is 3. The van der Waals surface area contributed by atoms with Crippen molar-refractivity contribution in [2.45, 2.75) is 12.8 Å². The van der Waals surface area contributed by atoms with Gasteiger partial charge >= 0.3 is 0 Å². The number of hydrogen-bond acceptors (Lipinski definition) is 3. The van der Waals surface area contributed by atoms with E-state index in [0.717, 1.165) is 32.6 Å². The molecule has 0 aliphatic rings. The second kappa shape index (κ2) is 9.53. The van der Waals surface area contributed by atoms with E-state index < -0.39 is 0 Å². The molecule has 0 bridgehead atoms. The SMILES string of the molecule is CN(C)CCN(CCN(C)C)C(=O)CCc1ccccc1. The molecule has 4 heteroatoms. The molecule has 1 aromatic rings. The molecule has 0 saturated carbocycles. The van der Waals surface area contributed by atoms with Crippen LogP contribution < -0.4 is 0 Å². The second-order valence-electron chi connectivity index (χ2n) is 5.97. The lowest BCUT2D eigenvalue weighted by Gasteiger charge is -2.26. The normalized spacial score (nSPS) is 11.1. The van der Waals surface area contributed by atoms with Crippen molar-refractivity contribution in [3.05, 3.63) is 35.9 Å². The van der Waals surface area contributed by atoms with Crippen LogP contribution in [0.3, 0.4) is 0 Å². The Balaban J connectivity index is 2.48. The molecule has 0 saturated heterocycles. The summed E-state index contributed by atoms with van der Waals surface area (Å²) in [5.74, 6) is 0.252. The molecule has 0 heterocycles. The molecule has 1 amide bonds. The highest BCUT2D eigenvalue weighted by atomic mass is 16.2. The third-order valence-corrected chi connectivity index (χ3v) is 3.46. The standard InChI is InChI=1S/C17H29N3O/c1-18(2)12-14-20(15-13-19(3)4)17(21)11-10-16-8-6-5-7-9-16/h5-9H,10-15H2,1-4H3. The fourth-order valence-electron chi connectivity index (χ4n) is 2.06. The fourth-order valence-corrected chi connectivity index (χ4v) is 2.06. The van der Waals surface area contributed by atoms with Crippen LogP contribution in [0.1, 0.15) is 12.0 Å². The predicted molar refractivity (Wildman–Crippen MR) is 88.5 cm³/mol. The van der Waals surface area contributed by atoms with Crippen LogP contribution in [-0.2, 0) is 11.2 Å². The van der Waals surface area contributed by atoms with E-state index in [4.69, 9.17) is 0 Å². The van der Waals surface area contributed by atoms with E-state index in [1.54, 1.807) is 0 Å². The fraction of sp³-hybridized carbons (Fsp3) is 0.588. The molecule has 0 atom stereocenters. The molecule has 0 N–H and O–H groups in total. The van der Waals surface area contributed by atoms with Gasteiger partial charge in [-0.15, -0.1) is 0 Å². The number of carbonyl (C=O) groups excluding carboxylic acids is 1. The van der Waals surface area contributed by atoms with E-state index >= 15 is 0 Å². The highest BCUT2D eigenvalue weighted by molar-refractivity contribution is 5.76. The first-order chi connectivity index (χ1) is 9.99. The maximum Gasteiger partial charge on any atom is 0.222 e. The Kier molecular flexibility index (Phi) is 8.01. The van der Waals surface area contributed by atoms with Gasteiger partial charge in [-0.05, 0) is 40.2 Å². The first-order valence-electron chi connectivity index (χ1n) is 7.60. The minimum atomic E-state index is 0.252. The van der Waals surface area contributed by atoms with Gasteiger partial charge in [-0.25, -0.2) is 0 Å². The number of likely N-dealkylation sites (N-methyl/N-ethyl adjacent to an activating group) is 2. The van der Waals surface area contributed by atoms with Crippen LogP contribution in [-0.4, -0.2) is 75.0 Å². The van der Waals surface area contributed by atoms with E-state index in [2.05, 4.69) is 21.9 Å². The summed E-state index contributed by atoms with van der Waals surface area (Å²) < 4.78 is 0. The van der Waals surface area contributed by atoms with Gasteiger partial charge in [0.2, 0.25) is 5.91 Å². The summed E-state index contributed by atoms with van der Waals surface area (Å²) in [6.45, 7) is 3.41. The van der Waals surface area contributed by atoms with Crippen LogP contribution in [0.25, 0.3) is 0 Å². The van der Waals surface area contributed by atoms with Gasteiger partial charge < -0.3 is 14.7 Å². The molecule has 0 aliphatic carbocycles. The van der Waals surface area contributed by atoms with E-state index in [0.29, 0.717) is 6.42 Å². The van der Waals surface area contributed by atoms with Crippen molar-refractivity contribution in [3.63, 3.8) is 0 Å². The van der Waals surface area contributed by atoms with Crippen molar-refractivity contribution in [1.82, 2.24) is 14.7 Å². The van der Waals surface area contributed by atoms with Crippen LogP contribution in [0.5, 0.6) is 0 Å². The molecule has 0 radical (unpaired) electrons. The molecule has 21 heavy (non-hydrogen) atoms. The van der Waals surface area contributed by atoms with Gasteiger partial charge in [0, 0.05) is 32.6 Å². The summed E-state index contributed by atoms with van der Waals surface area (Å²) in [7, 11) is 8.16. The third-order valence-electron chi connectivity index (χ3n) is 3.46. The molecule has 1 aromatic carbocycles. The van der Waals surface area contributed by atoms with Crippen molar-refractivity contribution in [2.24, 2.45) is 0 Å². The quantitative estimate of drug-likeness (QED) is 0.691. The van der Waals surface area contributed by atoms with Crippen molar-refractivity contribution < 1.29 is 4.79 Å². The van der Waals surface area contributed by atoms with Crippen molar-refractivity contribution in [1.29, 1.82) is 0 Å². The predicted octanol–water partition coefficient (Wildman–Crippen LogP) is 1.57. The minimum Gasteiger partial charge on any atom is -0.340 e. The highest BCUT2D eigenvalue weighted by Crippen LogP contribution is 2.05. The van der Waals surface area contributed by atoms with E-state index in [-0.39, 0.29) is 5.91 Å². The Hall–Kier alpha value is -1.39. The van der Waals surface area contributed by atoms with Gasteiger partial charge in [0.15, 0.2) is 0 Å². The van der Waals surface area contributed by atoms with Gasteiger partial charge in [0.1, 0.15) is 0 Å². The molecule has 0 spiro atoms. The average molecular weight is 291 g/mol. The zero-order valence-electron chi connectivity index (χ0n) is 13.9. The van der Waals surface area contributed by atoms with E-state index in [9.17, 15) is 4.79 Å². The zero-order chi connectivity index (χ0) is 15.7. The molecule has 0 aromatic heterocycles. The summed E-state index contributed by atoms with van der Waals surface area (Å²) >= 11 is 0. The first kappa shape index (κ1) is 17.7. The van der Waals surface area contributed by atoms with Gasteiger partial charge in [0.25, 0.3) is 0 Å². The van der Waals surface area contributed by atoms with Crippen LogP contribution in [0.4, 0.5) is 0 Å². The Bertz CT molecular complexity index is 392. The van der Waals surface area contributed by atoms with E-state index in [1.807, 2.05) is 51.3 Å². The molecule has 1 rings (SSSR count). The topological polar surface area (TPSA) is 26.8 Å². The van der Waals surface area contributed by atoms with Crippen LogP contribution in [0.2, 0.25) is 0 Å². The van der Waals surface area contributed by atoms with Crippen molar-refractivity contribution >= 4 is 5.91 Å². The summed E-state index contributed by atoms with van der Waals surface area (Å²) in [4.78, 5) is 18.7. The summed E-state index contributed by atoms with van der Waals surface area (Å²) in [5.41, 5.74) is 1.23. The molecular weight excluding hydrogens is 262 g/mol. The minimum absolute atomic E-state index is 0.252. The molecule has 0 unspecified atom stereocenters. The Morgan fingerprint density at radius 1 is 0.857 bits per heavy atom. The lowest BCUT2D eigenvalue weighted by molar-refractivity contribution is -0.131. The maximum absolute atomic E-state index is 12.4. The zero-order valence-corrected chi connectivity index (χ0v) is 13.9. The molecule has 4 nitrogen and oxygen atoms in total. The lowest BCUT2D eigenvalue weighted by Crippen LogP contribution is -2.40. The highest BCUT2D eigenvalue weighted by Gasteiger charge is 2.13. The third kappa shape index (κ3) is 7.83. The van der Waals surface area contributed by atoms with Gasteiger partial charge in [0.05, 0.1) is 0 Å². The van der Waals surface area contributed by atoms with Gasteiger partial charge in [-0.1, -0.05) is 30.3 Å². The number of benzene rings is 1. The average Bonchev–Trinajstić information content (AvgIpc) is 2.45. The summed E-state index contributed by atoms with van der Waals surface area (Å²) in [6, 6.07) is 10.2. The number of carbonyl (C=O) groups is 1. The van der Waals surface area contributed by atoms with Gasteiger partial charge in [-0.3, -0.25) is 4.79 Å². The van der Waals surface area contributed by atoms with Crippen LogP contribution >= 0.6 is 0 Å². The summed E-state index contributed by atoms with van der Waals surface area (Å²) in [6.07, 6.45) is 1.41. The number of hydrogen-bond donors (Lipinski definition) is 0. The van der Waals surface area contributed by atoms with Crippen LogP contribution in [0.15, 0.2) is 30.3 Å². The molecule has 0 fully saturated rings. The smallest absolute Gasteiger partial charge is 0.222 e. The van der Waals surface area contributed by atoms with Crippen LogP contribution in [0, 0.1) is 0 Å². The Labute approximate surface area is 129 Å². The number of aryl methyl sites for hydroxylation is 1. The molecule has 0 aliphatic heterocycles. The van der Waals surface area contributed by atoms with Crippen molar-refractivity contribution in [2.75, 3.05) is 54.4 Å².